The number of rotatable bonds is 6. The standard InChI is InChI=1S/C15H20BrN/c1-4-6-7-15(17-10-5-2)13-9-8-12(3)11-14(13)16/h1,8-9,11,15,17H,5-7,10H2,2-3H3. The molecule has 2 heteroatoms. The maximum Gasteiger partial charge on any atom is 0.0340 e. The fourth-order valence-corrected chi connectivity index (χ4v) is 2.60. The molecule has 0 amide bonds. The summed E-state index contributed by atoms with van der Waals surface area (Å²) in [5.41, 5.74) is 2.58. The molecule has 0 heterocycles. The maximum absolute atomic E-state index is 5.36. The first kappa shape index (κ1) is 14.3. The molecule has 0 aliphatic rings. The van der Waals surface area contributed by atoms with Gasteiger partial charge in [0.25, 0.3) is 0 Å². The van der Waals surface area contributed by atoms with Gasteiger partial charge in [-0.1, -0.05) is 35.0 Å². The topological polar surface area (TPSA) is 12.0 Å². The zero-order valence-electron chi connectivity index (χ0n) is 10.6. The molecule has 0 spiro atoms. The Morgan fingerprint density at radius 2 is 2.24 bits per heavy atom. The Labute approximate surface area is 113 Å². The molecule has 0 bridgehead atoms. The van der Waals surface area contributed by atoms with Crippen LogP contribution in [0.1, 0.15) is 43.4 Å². The molecule has 1 unspecified atom stereocenters. The largest absolute Gasteiger partial charge is 0.310 e. The summed E-state index contributed by atoms with van der Waals surface area (Å²) in [6.07, 6.45) is 8.28. The van der Waals surface area contributed by atoms with E-state index >= 15 is 0 Å². The third-order valence-corrected chi connectivity index (χ3v) is 3.44. The molecule has 92 valence electrons. The van der Waals surface area contributed by atoms with Gasteiger partial charge in [-0.05, 0) is 43.5 Å². The molecule has 0 saturated heterocycles. The number of benzene rings is 1. The number of halogens is 1. The summed E-state index contributed by atoms with van der Waals surface area (Å²) in [7, 11) is 0. The van der Waals surface area contributed by atoms with Gasteiger partial charge >= 0.3 is 0 Å². The van der Waals surface area contributed by atoms with E-state index < -0.39 is 0 Å². The van der Waals surface area contributed by atoms with Crippen LogP contribution in [0.3, 0.4) is 0 Å². The lowest BCUT2D eigenvalue weighted by Gasteiger charge is -2.19. The Balaban J connectivity index is 2.83. The van der Waals surface area contributed by atoms with E-state index in [1.165, 1.54) is 15.6 Å². The molecule has 0 aliphatic carbocycles. The highest BCUT2D eigenvalue weighted by atomic mass is 79.9. The average molecular weight is 294 g/mol. The third kappa shape index (κ3) is 4.53. The van der Waals surface area contributed by atoms with E-state index in [9.17, 15) is 0 Å². The van der Waals surface area contributed by atoms with E-state index in [-0.39, 0.29) is 0 Å². The lowest BCUT2D eigenvalue weighted by molar-refractivity contribution is 0.504. The van der Waals surface area contributed by atoms with Crippen molar-refractivity contribution in [2.24, 2.45) is 0 Å². The van der Waals surface area contributed by atoms with Crippen molar-refractivity contribution in [3.63, 3.8) is 0 Å². The Hall–Kier alpha value is -0.780. The summed E-state index contributed by atoms with van der Waals surface area (Å²) in [6.45, 7) is 5.30. The molecule has 0 radical (unpaired) electrons. The first-order valence-corrected chi connectivity index (χ1v) is 6.91. The van der Waals surface area contributed by atoms with Crippen LogP contribution in [0.2, 0.25) is 0 Å². The van der Waals surface area contributed by atoms with Gasteiger partial charge in [0.15, 0.2) is 0 Å². The van der Waals surface area contributed by atoms with Crippen LogP contribution in [0.4, 0.5) is 0 Å². The predicted octanol–water partition coefficient (Wildman–Crippen LogP) is 4.21. The molecular weight excluding hydrogens is 274 g/mol. The zero-order chi connectivity index (χ0) is 12.7. The molecule has 0 fully saturated rings. The summed E-state index contributed by atoms with van der Waals surface area (Å²) in [5, 5.41) is 3.56. The minimum atomic E-state index is 0.348. The Bertz CT molecular complexity index is 392. The smallest absolute Gasteiger partial charge is 0.0340 e. The number of terminal acetylenes is 1. The van der Waals surface area contributed by atoms with Gasteiger partial charge in [0.05, 0.1) is 0 Å². The zero-order valence-corrected chi connectivity index (χ0v) is 12.2. The van der Waals surface area contributed by atoms with E-state index in [4.69, 9.17) is 6.42 Å². The molecule has 0 saturated carbocycles. The fraction of sp³-hybridized carbons (Fsp3) is 0.467. The van der Waals surface area contributed by atoms with Gasteiger partial charge in [-0.2, -0.15) is 0 Å². The fourth-order valence-electron chi connectivity index (χ4n) is 1.83. The summed E-state index contributed by atoms with van der Waals surface area (Å²) >= 11 is 3.64. The average Bonchev–Trinajstić information content (AvgIpc) is 2.30. The number of aryl methyl sites for hydroxylation is 1. The third-order valence-electron chi connectivity index (χ3n) is 2.75. The molecule has 17 heavy (non-hydrogen) atoms. The van der Waals surface area contributed by atoms with E-state index in [1.54, 1.807) is 0 Å². The van der Waals surface area contributed by atoms with Crippen LogP contribution in [-0.4, -0.2) is 6.54 Å². The number of nitrogens with one attached hydrogen (secondary N) is 1. The molecule has 1 rings (SSSR count). The van der Waals surface area contributed by atoms with Gasteiger partial charge in [0.1, 0.15) is 0 Å². The first-order valence-electron chi connectivity index (χ1n) is 6.12. The summed E-state index contributed by atoms with van der Waals surface area (Å²) in [5.74, 6) is 2.72. The molecule has 1 aromatic rings. The Kier molecular flexibility index (Phi) is 6.32. The van der Waals surface area contributed by atoms with E-state index in [2.05, 4.69) is 59.2 Å². The van der Waals surface area contributed by atoms with E-state index in [1.807, 2.05) is 0 Å². The van der Waals surface area contributed by atoms with Crippen LogP contribution in [0.15, 0.2) is 22.7 Å². The minimum Gasteiger partial charge on any atom is -0.310 e. The van der Waals surface area contributed by atoms with Crippen LogP contribution in [-0.2, 0) is 0 Å². The highest BCUT2D eigenvalue weighted by Gasteiger charge is 2.12. The highest BCUT2D eigenvalue weighted by molar-refractivity contribution is 9.10. The van der Waals surface area contributed by atoms with Crippen LogP contribution in [0.25, 0.3) is 0 Å². The van der Waals surface area contributed by atoms with Crippen molar-refractivity contribution >= 4 is 15.9 Å². The number of hydrogen-bond acceptors (Lipinski definition) is 1. The molecule has 0 aromatic heterocycles. The first-order chi connectivity index (χ1) is 8.19. The van der Waals surface area contributed by atoms with E-state index in [0.29, 0.717) is 6.04 Å². The molecular formula is C15H20BrN. The second kappa shape index (κ2) is 7.53. The quantitative estimate of drug-likeness (QED) is 0.775. The predicted molar refractivity (Wildman–Crippen MR) is 78.0 cm³/mol. The van der Waals surface area contributed by atoms with Crippen molar-refractivity contribution in [2.75, 3.05) is 6.54 Å². The van der Waals surface area contributed by atoms with Crippen molar-refractivity contribution in [1.82, 2.24) is 5.32 Å². The lowest BCUT2D eigenvalue weighted by atomic mass is 10.0. The molecule has 1 N–H and O–H groups in total. The second-order valence-corrected chi connectivity index (χ2v) is 5.13. The Morgan fingerprint density at radius 1 is 1.47 bits per heavy atom. The molecule has 1 nitrogen and oxygen atoms in total. The van der Waals surface area contributed by atoms with E-state index in [0.717, 1.165) is 25.8 Å². The van der Waals surface area contributed by atoms with Gasteiger partial charge in [0.2, 0.25) is 0 Å². The van der Waals surface area contributed by atoms with Gasteiger partial charge in [-0.15, -0.1) is 12.3 Å². The van der Waals surface area contributed by atoms with Gasteiger partial charge in [-0.25, -0.2) is 0 Å². The molecule has 0 aliphatic heterocycles. The number of hydrogen-bond donors (Lipinski definition) is 1. The van der Waals surface area contributed by atoms with Crippen LogP contribution >= 0.6 is 15.9 Å². The van der Waals surface area contributed by atoms with Crippen molar-refractivity contribution < 1.29 is 0 Å². The van der Waals surface area contributed by atoms with Gasteiger partial charge in [-0.3, -0.25) is 0 Å². The van der Waals surface area contributed by atoms with Crippen molar-refractivity contribution in [2.45, 2.75) is 39.2 Å². The monoisotopic (exact) mass is 293 g/mol. The van der Waals surface area contributed by atoms with Crippen LogP contribution < -0.4 is 5.32 Å². The van der Waals surface area contributed by atoms with Crippen LogP contribution in [0, 0.1) is 19.3 Å². The summed E-state index contributed by atoms with van der Waals surface area (Å²) < 4.78 is 1.17. The molecule has 1 aromatic carbocycles. The maximum atomic E-state index is 5.36. The second-order valence-electron chi connectivity index (χ2n) is 4.27. The Morgan fingerprint density at radius 3 is 2.82 bits per heavy atom. The molecule has 1 atom stereocenters. The van der Waals surface area contributed by atoms with Gasteiger partial charge < -0.3 is 5.32 Å². The van der Waals surface area contributed by atoms with Crippen molar-refractivity contribution in [1.29, 1.82) is 0 Å². The lowest BCUT2D eigenvalue weighted by Crippen LogP contribution is -2.22. The van der Waals surface area contributed by atoms with Crippen molar-refractivity contribution in [3.8, 4) is 12.3 Å². The highest BCUT2D eigenvalue weighted by Crippen LogP contribution is 2.27. The van der Waals surface area contributed by atoms with Crippen LogP contribution in [0.5, 0.6) is 0 Å². The van der Waals surface area contributed by atoms with Crippen molar-refractivity contribution in [3.05, 3.63) is 33.8 Å². The minimum absolute atomic E-state index is 0.348. The SMILES string of the molecule is C#CCCC(NCCC)c1ccc(C)cc1Br. The summed E-state index contributed by atoms with van der Waals surface area (Å²) in [6, 6.07) is 6.84. The van der Waals surface area contributed by atoms with Gasteiger partial charge in [0, 0.05) is 16.9 Å². The normalized spacial score (nSPS) is 12.1. The summed E-state index contributed by atoms with van der Waals surface area (Å²) in [4.78, 5) is 0.